The van der Waals surface area contributed by atoms with Crippen molar-refractivity contribution in [3.05, 3.63) is 65.7 Å². The van der Waals surface area contributed by atoms with Crippen molar-refractivity contribution in [2.45, 2.75) is 37.4 Å². The second kappa shape index (κ2) is 7.05. The summed E-state index contributed by atoms with van der Waals surface area (Å²) in [6, 6.07) is 17.0. The summed E-state index contributed by atoms with van der Waals surface area (Å²) in [7, 11) is -3.49. The Morgan fingerprint density at radius 3 is 2.38 bits per heavy atom. The van der Waals surface area contributed by atoms with Crippen molar-refractivity contribution in [3.63, 3.8) is 0 Å². The summed E-state index contributed by atoms with van der Waals surface area (Å²) in [6.07, 6.45) is 0.428. The molecule has 5 heteroatoms. The summed E-state index contributed by atoms with van der Waals surface area (Å²) < 4.78 is 33.4. The molecule has 2 aromatic rings. The van der Waals surface area contributed by atoms with E-state index in [4.69, 9.17) is 4.74 Å². The van der Waals surface area contributed by atoms with E-state index in [2.05, 4.69) is 0 Å². The smallest absolute Gasteiger partial charge is 0.243 e. The van der Waals surface area contributed by atoms with Crippen molar-refractivity contribution < 1.29 is 13.2 Å². The van der Waals surface area contributed by atoms with Gasteiger partial charge in [-0.2, -0.15) is 4.31 Å². The largest absolute Gasteiger partial charge is 0.369 e. The van der Waals surface area contributed by atoms with Crippen LogP contribution < -0.4 is 0 Å². The molecule has 0 bridgehead atoms. The van der Waals surface area contributed by atoms with Gasteiger partial charge in [0.15, 0.2) is 0 Å². The van der Waals surface area contributed by atoms with Crippen LogP contribution in [0.2, 0.25) is 0 Å². The van der Waals surface area contributed by atoms with Gasteiger partial charge in [0.05, 0.1) is 17.1 Å². The van der Waals surface area contributed by atoms with E-state index < -0.39 is 10.0 Å². The SMILES string of the molecule is Cc1ccc(S(=O)(=O)N2CC[C@H](c3ccccc3)O[C@H](C)C2)cc1. The van der Waals surface area contributed by atoms with Crippen LogP contribution in [0.3, 0.4) is 0 Å². The molecule has 0 saturated carbocycles. The van der Waals surface area contributed by atoms with Crippen LogP contribution in [0.25, 0.3) is 0 Å². The zero-order valence-corrected chi connectivity index (χ0v) is 14.9. The predicted molar refractivity (Wildman–Crippen MR) is 94.3 cm³/mol. The van der Waals surface area contributed by atoms with E-state index in [0.717, 1.165) is 11.1 Å². The first-order valence-corrected chi connectivity index (χ1v) is 9.68. The van der Waals surface area contributed by atoms with Gasteiger partial charge < -0.3 is 4.74 Å². The van der Waals surface area contributed by atoms with Gasteiger partial charge in [0.1, 0.15) is 0 Å². The molecule has 2 aromatic carbocycles. The van der Waals surface area contributed by atoms with Crippen molar-refractivity contribution in [1.82, 2.24) is 4.31 Å². The van der Waals surface area contributed by atoms with E-state index in [1.54, 1.807) is 16.4 Å². The third-order valence-electron chi connectivity index (χ3n) is 4.33. The number of aryl methyl sites for hydroxylation is 1. The molecule has 3 rings (SSSR count). The lowest BCUT2D eigenvalue weighted by Gasteiger charge is -2.21. The highest BCUT2D eigenvalue weighted by Gasteiger charge is 2.31. The second-order valence-electron chi connectivity index (χ2n) is 6.31. The van der Waals surface area contributed by atoms with Gasteiger partial charge >= 0.3 is 0 Å². The molecule has 24 heavy (non-hydrogen) atoms. The molecule has 0 amide bonds. The van der Waals surface area contributed by atoms with Gasteiger partial charge in [0.2, 0.25) is 10.0 Å². The van der Waals surface area contributed by atoms with Crippen molar-refractivity contribution in [2.75, 3.05) is 13.1 Å². The van der Waals surface area contributed by atoms with Gasteiger partial charge in [-0.05, 0) is 38.0 Å². The molecular weight excluding hydrogens is 322 g/mol. The fourth-order valence-corrected chi connectivity index (χ4v) is 4.55. The van der Waals surface area contributed by atoms with E-state index >= 15 is 0 Å². The number of hydrogen-bond donors (Lipinski definition) is 0. The highest BCUT2D eigenvalue weighted by atomic mass is 32.2. The average molecular weight is 345 g/mol. The number of sulfonamides is 1. The molecule has 1 aliphatic rings. The number of rotatable bonds is 3. The van der Waals surface area contributed by atoms with E-state index in [1.807, 2.05) is 56.3 Å². The lowest BCUT2D eigenvalue weighted by Crippen LogP contribution is -2.35. The number of benzene rings is 2. The third-order valence-corrected chi connectivity index (χ3v) is 6.21. The zero-order valence-electron chi connectivity index (χ0n) is 14.1. The van der Waals surface area contributed by atoms with Gasteiger partial charge in [-0.1, -0.05) is 48.0 Å². The standard InChI is InChI=1S/C19H23NO3S/c1-15-8-10-18(11-9-15)24(21,22)20-13-12-19(23-16(2)14-20)17-6-4-3-5-7-17/h3-11,16,19H,12-14H2,1-2H3/t16-,19-/m1/s1. The van der Waals surface area contributed by atoms with Crippen LogP contribution in [0, 0.1) is 6.92 Å². The van der Waals surface area contributed by atoms with Crippen LogP contribution in [-0.4, -0.2) is 31.9 Å². The van der Waals surface area contributed by atoms with Crippen LogP contribution in [0.4, 0.5) is 0 Å². The first kappa shape index (κ1) is 17.1. The summed E-state index contributed by atoms with van der Waals surface area (Å²) in [5, 5.41) is 0. The topological polar surface area (TPSA) is 46.6 Å². The molecule has 1 fully saturated rings. The highest BCUT2D eigenvalue weighted by molar-refractivity contribution is 7.89. The quantitative estimate of drug-likeness (QED) is 0.855. The van der Waals surface area contributed by atoms with Crippen molar-refractivity contribution in [1.29, 1.82) is 0 Å². The summed E-state index contributed by atoms with van der Waals surface area (Å²) in [6.45, 7) is 4.71. The lowest BCUT2D eigenvalue weighted by atomic mass is 10.1. The minimum Gasteiger partial charge on any atom is -0.369 e. The first-order valence-electron chi connectivity index (χ1n) is 8.24. The maximum absolute atomic E-state index is 12.9. The Hall–Kier alpha value is -1.69. The number of hydrogen-bond acceptors (Lipinski definition) is 3. The summed E-state index contributed by atoms with van der Waals surface area (Å²) >= 11 is 0. The first-order chi connectivity index (χ1) is 11.5. The molecule has 1 heterocycles. The van der Waals surface area contributed by atoms with Crippen LogP contribution in [0.15, 0.2) is 59.5 Å². The zero-order chi connectivity index (χ0) is 17.2. The molecule has 2 atom stereocenters. The van der Waals surface area contributed by atoms with Gasteiger partial charge in [0, 0.05) is 13.1 Å². The third kappa shape index (κ3) is 3.69. The maximum atomic E-state index is 12.9. The van der Waals surface area contributed by atoms with Crippen molar-refractivity contribution in [2.24, 2.45) is 0 Å². The van der Waals surface area contributed by atoms with E-state index in [-0.39, 0.29) is 12.2 Å². The number of ether oxygens (including phenoxy) is 1. The molecule has 1 aliphatic heterocycles. The van der Waals surface area contributed by atoms with Crippen LogP contribution in [0.5, 0.6) is 0 Å². The summed E-state index contributed by atoms with van der Waals surface area (Å²) in [5.41, 5.74) is 2.14. The Balaban J connectivity index is 1.81. The molecule has 0 unspecified atom stereocenters. The average Bonchev–Trinajstić information content (AvgIpc) is 2.78. The predicted octanol–water partition coefficient (Wildman–Crippen LogP) is 3.54. The molecule has 4 nitrogen and oxygen atoms in total. The van der Waals surface area contributed by atoms with Crippen LogP contribution >= 0.6 is 0 Å². The molecule has 0 aliphatic carbocycles. The Labute approximate surface area is 144 Å². The number of nitrogens with zero attached hydrogens (tertiary/aromatic N) is 1. The minimum absolute atomic E-state index is 0.0700. The molecule has 1 saturated heterocycles. The molecule has 0 aromatic heterocycles. The molecule has 128 valence electrons. The second-order valence-corrected chi connectivity index (χ2v) is 8.25. The Morgan fingerprint density at radius 1 is 1.04 bits per heavy atom. The van der Waals surface area contributed by atoms with Gasteiger partial charge in [-0.15, -0.1) is 0 Å². The van der Waals surface area contributed by atoms with Crippen LogP contribution in [-0.2, 0) is 14.8 Å². The van der Waals surface area contributed by atoms with Gasteiger partial charge in [0.25, 0.3) is 0 Å². The van der Waals surface area contributed by atoms with Crippen LogP contribution in [0.1, 0.15) is 30.6 Å². The highest BCUT2D eigenvalue weighted by Crippen LogP contribution is 2.28. The van der Waals surface area contributed by atoms with E-state index in [0.29, 0.717) is 24.4 Å². The maximum Gasteiger partial charge on any atom is 0.243 e. The Morgan fingerprint density at radius 2 is 1.71 bits per heavy atom. The Kier molecular flexibility index (Phi) is 5.04. The minimum atomic E-state index is -3.49. The fraction of sp³-hybridized carbons (Fsp3) is 0.368. The van der Waals surface area contributed by atoms with Gasteiger partial charge in [-0.3, -0.25) is 0 Å². The van der Waals surface area contributed by atoms with Crippen molar-refractivity contribution >= 4 is 10.0 Å². The Bertz CT molecular complexity index is 772. The monoisotopic (exact) mass is 345 g/mol. The van der Waals surface area contributed by atoms with E-state index in [9.17, 15) is 8.42 Å². The van der Waals surface area contributed by atoms with Crippen molar-refractivity contribution in [3.8, 4) is 0 Å². The molecule has 0 N–H and O–H groups in total. The van der Waals surface area contributed by atoms with E-state index in [1.165, 1.54) is 0 Å². The molecule has 0 radical (unpaired) electrons. The summed E-state index contributed by atoms with van der Waals surface area (Å²) in [4.78, 5) is 0.346. The normalized spacial score (nSPS) is 22.9. The fourth-order valence-electron chi connectivity index (χ4n) is 3.02. The summed E-state index contributed by atoms with van der Waals surface area (Å²) in [5.74, 6) is 0. The van der Waals surface area contributed by atoms with Gasteiger partial charge in [-0.25, -0.2) is 8.42 Å². The lowest BCUT2D eigenvalue weighted by molar-refractivity contribution is 0.00549. The molecular formula is C19H23NO3S. The molecule has 0 spiro atoms.